The van der Waals surface area contributed by atoms with Crippen LogP contribution in [-0.2, 0) is 16.2 Å². The summed E-state index contributed by atoms with van der Waals surface area (Å²) in [6, 6.07) is 59.6. The number of nitrogens with one attached hydrogen (secondary N) is 2. The van der Waals surface area contributed by atoms with E-state index in [4.69, 9.17) is 0 Å². The monoisotopic (exact) mass is 732 g/mol. The van der Waals surface area contributed by atoms with Crippen LogP contribution in [0.2, 0.25) is 0 Å². The average Bonchev–Trinajstić information content (AvgIpc) is 3.18. The summed E-state index contributed by atoms with van der Waals surface area (Å²) < 4.78 is 0. The molecule has 0 aliphatic heterocycles. The van der Waals surface area contributed by atoms with E-state index in [-0.39, 0.29) is 16.2 Å². The molecule has 0 aromatic heterocycles. The normalized spacial score (nSPS) is 12.0. The Morgan fingerprint density at radius 3 is 0.750 bits per heavy atom. The van der Waals surface area contributed by atoms with Gasteiger partial charge >= 0.3 is 0 Å². The molecule has 282 valence electrons. The molecule has 2 N–H and O–H groups in total. The van der Waals surface area contributed by atoms with E-state index in [1.54, 1.807) is 0 Å². The van der Waals surface area contributed by atoms with Gasteiger partial charge in [0.25, 0.3) is 0 Å². The lowest BCUT2D eigenvalue weighted by atomic mass is 9.82. The molecule has 7 aromatic rings. The SMILES string of the molecule is CC(C)(C)c1cc(Nc2c(-c3ccccc3)cc(C(C)(C)C)cc2-c2ccccc2)cc(Nc2c(-c3ccccc3)cc(C(C)(C)C)cc2-c2ccccc2)c1. The Hall–Kier alpha value is -5.86. The number of rotatable bonds is 8. The molecule has 0 amide bonds. The quantitative estimate of drug-likeness (QED) is 0.163. The van der Waals surface area contributed by atoms with Crippen molar-refractivity contribution in [1.29, 1.82) is 0 Å². The van der Waals surface area contributed by atoms with Crippen LogP contribution in [0.3, 0.4) is 0 Å². The highest BCUT2D eigenvalue weighted by molar-refractivity contribution is 5.96. The summed E-state index contributed by atoms with van der Waals surface area (Å²) in [4.78, 5) is 0. The molecule has 0 atom stereocenters. The van der Waals surface area contributed by atoms with E-state index in [2.05, 4.69) is 237 Å². The topological polar surface area (TPSA) is 24.1 Å². The van der Waals surface area contributed by atoms with E-state index in [9.17, 15) is 0 Å². The van der Waals surface area contributed by atoms with Crippen LogP contribution in [0, 0.1) is 0 Å². The highest BCUT2D eigenvalue weighted by Gasteiger charge is 2.24. The molecule has 56 heavy (non-hydrogen) atoms. The molecule has 0 unspecified atom stereocenters. The maximum absolute atomic E-state index is 4.04. The first-order valence-electron chi connectivity index (χ1n) is 19.9. The lowest BCUT2D eigenvalue weighted by Crippen LogP contribution is -2.14. The fourth-order valence-electron chi connectivity index (χ4n) is 7.29. The number of anilines is 4. The van der Waals surface area contributed by atoms with Crippen LogP contribution in [0.5, 0.6) is 0 Å². The van der Waals surface area contributed by atoms with Gasteiger partial charge in [-0.25, -0.2) is 0 Å². The van der Waals surface area contributed by atoms with Gasteiger partial charge in [0.2, 0.25) is 0 Å². The second-order valence-electron chi connectivity index (χ2n) is 18.2. The lowest BCUT2D eigenvalue weighted by Gasteiger charge is -2.27. The van der Waals surface area contributed by atoms with Gasteiger partial charge in [-0.05, 0) is 97.7 Å². The second kappa shape index (κ2) is 15.3. The minimum Gasteiger partial charge on any atom is -0.354 e. The highest BCUT2D eigenvalue weighted by Crippen LogP contribution is 2.46. The third-order valence-corrected chi connectivity index (χ3v) is 10.7. The van der Waals surface area contributed by atoms with Gasteiger partial charge in [0.1, 0.15) is 0 Å². The third-order valence-electron chi connectivity index (χ3n) is 10.7. The van der Waals surface area contributed by atoms with Crippen LogP contribution in [-0.4, -0.2) is 0 Å². The average molecular weight is 733 g/mol. The molecule has 7 aromatic carbocycles. The summed E-state index contributed by atoms with van der Waals surface area (Å²) >= 11 is 0. The number of benzene rings is 7. The Morgan fingerprint density at radius 2 is 0.518 bits per heavy atom. The Morgan fingerprint density at radius 1 is 0.286 bits per heavy atom. The molecule has 0 heterocycles. The van der Waals surface area contributed by atoms with E-state index in [1.807, 2.05) is 0 Å². The number of hydrogen-bond donors (Lipinski definition) is 2. The van der Waals surface area contributed by atoms with Crippen molar-refractivity contribution >= 4 is 22.7 Å². The molecule has 0 saturated carbocycles. The predicted octanol–water partition coefficient (Wildman–Crippen LogP) is 15.7. The molecule has 7 rings (SSSR count). The van der Waals surface area contributed by atoms with E-state index in [0.717, 1.165) is 22.7 Å². The van der Waals surface area contributed by atoms with Crippen molar-refractivity contribution in [2.45, 2.75) is 78.6 Å². The van der Waals surface area contributed by atoms with E-state index < -0.39 is 0 Å². The van der Waals surface area contributed by atoms with Crippen molar-refractivity contribution < 1.29 is 0 Å². The first-order chi connectivity index (χ1) is 26.6. The minimum absolute atomic E-state index is 0.0374. The summed E-state index contributed by atoms with van der Waals surface area (Å²) in [5.74, 6) is 0. The molecule has 0 spiro atoms. The highest BCUT2D eigenvalue weighted by atomic mass is 14.9. The zero-order valence-corrected chi connectivity index (χ0v) is 34.6. The van der Waals surface area contributed by atoms with Gasteiger partial charge in [-0.1, -0.05) is 184 Å². The van der Waals surface area contributed by atoms with Crippen molar-refractivity contribution in [1.82, 2.24) is 0 Å². The zero-order valence-electron chi connectivity index (χ0n) is 34.6. The standard InChI is InChI=1S/C54H56N2/c1-52(2,3)41-30-44(55-50-46(37-22-14-10-15-23-37)32-42(53(4,5)6)33-47(50)38-24-16-11-17-25-38)36-45(31-41)56-51-48(39-26-18-12-19-27-39)34-43(54(7,8)9)35-49(51)40-28-20-13-21-29-40/h10-36,55-56H,1-9H3. The summed E-state index contributed by atoms with van der Waals surface area (Å²) in [6.45, 7) is 20.7. The summed E-state index contributed by atoms with van der Waals surface area (Å²) in [7, 11) is 0. The Balaban J connectivity index is 1.45. The summed E-state index contributed by atoms with van der Waals surface area (Å²) in [6.07, 6.45) is 0. The van der Waals surface area contributed by atoms with E-state index in [1.165, 1.54) is 61.2 Å². The minimum atomic E-state index is -0.102. The Kier molecular flexibility index (Phi) is 10.5. The smallest absolute Gasteiger partial charge is 0.0543 e. The third kappa shape index (κ3) is 8.51. The molecular formula is C54H56N2. The molecule has 0 aliphatic carbocycles. The molecule has 0 fully saturated rings. The van der Waals surface area contributed by atoms with Crippen LogP contribution in [0.4, 0.5) is 22.7 Å². The van der Waals surface area contributed by atoms with Crippen LogP contribution in [0.15, 0.2) is 164 Å². The lowest BCUT2D eigenvalue weighted by molar-refractivity contribution is 0.590. The maximum Gasteiger partial charge on any atom is 0.0543 e. The fraction of sp³-hybridized carbons (Fsp3) is 0.222. The van der Waals surface area contributed by atoms with Crippen LogP contribution in [0.1, 0.15) is 79.0 Å². The summed E-state index contributed by atoms with van der Waals surface area (Å²) in [5.41, 5.74) is 17.4. The van der Waals surface area contributed by atoms with Gasteiger partial charge in [0.15, 0.2) is 0 Å². The van der Waals surface area contributed by atoms with Gasteiger partial charge in [0.05, 0.1) is 11.4 Å². The first-order valence-corrected chi connectivity index (χ1v) is 19.9. The second-order valence-corrected chi connectivity index (χ2v) is 18.2. The largest absolute Gasteiger partial charge is 0.354 e. The van der Waals surface area contributed by atoms with Crippen LogP contribution < -0.4 is 10.6 Å². The van der Waals surface area contributed by atoms with Gasteiger partial charge in [-0.2, -0.15) is 0 Å². The van der Waals surface area contributed by atoms with Crippen molar-refractivity contribution in [3.05, 3.63) is 180 Å². The molecule has 0 aliphatic rings. The summed E-state index contributed by atoms with van der Waals surface area (Å²) in [5, 5.41) is 8.07. The Bertz CT molecular complexity index is 2140. The van der Waals surface area contributed by atoms with Gasteiger partial charge in [-0.3, -0.25) is 0 Å². The van der Waals surface area contributed by atoms with Crippen molar-refractivity contribution in [3.8, 4) is 44.5 Å². The van der Waals surface area contributed by atoms with E-state index in [0.29, 0.717) is 0 Å². The molecule has 0 radical (unpaired) electrons. The van der Waals surface area contributed by atoms with E-state index >= 15 is 0 Å². The van der Waals surface area contributed by atoms with Gasteiger partial charge in [0, 0.05) is 33.6 Å². The van der Waals surface area contributed by atoms with Crippen LogP contribution in [0.25, 0.3) is 44.5 Å². The van der Waals surface area contributed by atoms with Crippen molar-refractivity contribution in [2.24, 2.45) is 0 Å². The zero-order chi connectivity index (χ0) is 39.7. The maximum atomic E-state index is 4.04. The van der Waals surface area contributed by atoms with Crippen LogP contribution >= 0.6 is 0 Å². The predicted molar refractivity (Wildman–Crippen MR) is 244 cm³/mol. The van der Waals surface area contributed by atoms with Crippen molar-refractivity contribution in [3.63, 3.8) is 0 Å². The Labute approximate surface area is 335 Å². The number of hydrogen-bond acceptors (Lipinski definition) is 2. The fourth-order valence-corrected chi connectivity index (χ4v) is 7.29. The molecular weight excluding hydrogens is 677 g/mol. The molecule has 2 heteroatoms. The molecule has 0 saturated heterocycles. The van der Waals surface area contributed by atoms with Gasteiger partial charge in [-0.15, -0.1) is 0 Å². The van der Waals surface area contributed by atoms with Crippen molar-refractivity contribution in [2.75, 3.05) is 10.6 Å². The molecule has 0 bridgehead atoms. The first kappa shape index (κ1) is 38.4. The van der Waals surface area contributed by atoms with Gasteiger partial charge < -0.3 is 10.6 Å². The molecule has 2 nitrogen and oxygen atoms in total.